The Bertz CT molecular complexity index is 339. The molecule has 1 aliphatic rings. The first-order valence-corrected chi connectivity index (χ1v) is 6.51. The lowest BCUT2D eigenvalue weighted by atomic mass is 10.2. The topological polar surface area (TPSA) is 39.9 Å². The summed E-state index contributed by atoms with van der Waals surface area (Å²) in [7, 11) is 0. The first-order chi connectivity index (χ1) is 7.26. The van der Waals surface area contributed by atoms with E-state index >= 15 is 0 Å². The monoisotopic (exact) mass is 273 g/mol. The van der Waals surface area contributed by atoms with Crippen LogP contribution in [0.5, 0.6) is 0 Å². The van der Waals surface area contributed by atoms with Gasteiger partial charge in [-0.2, -0.15) is 0 Å². The van der Waals surface area contributed by atoms with Crippen molar-refractivity contribution in [1.82, 2.24) is 14.8 Å². The Hall–Kier alpha value is -0.420. The average Bonchev–Trinajstić information content (AvgIpc) is 2.82. The summed E-state index contributed by atoms with van der Waals surface area (Å²) in [6.45, 7) is 5.12. The SMILES string of the molecule is CCn1c(CBr)nnc1C1CCC(C)O1. The normalized spacial score (nSPS) is 26.1. The number of halogens is 1. The van der Waals surface area contributed by atoms with Crippen LogP contribution < -0.4 is 0 Å². The molecule has 0 radical (unpaired) electrons. The average molecular weight is 274 g/mol. The van der Waals surface area contributed by atoms with E-state index in [1.165, 1.54) is 0 Å². The van der Waals surface area contributed by atoms with Gasteiger partial charge in [0.25, 0.3) is 0 Å². The van der Waals surface area contributed by atoms with Crippen molar-refractivity contribution in [3.05, 3.63) is 11.6 Å². The van der Waals surface area contributed by atoms with E-state index in [4.69, 9.17) is 4.74 Å². The van der Waals surface area contributed by atoms with E-state index in [0.29, 0.717) is 6.10 Å². The zero-order valence-electron chi connectivity index (χ0n) is 9.11. The highest BCUT2D eigenvalue weighted by molar-refractivity contribution is 9.08. The van der Waals surface area contributed by atoms with Crippen molar-refractivity contribution in [2.75, 3.05) is 0 Å². The summed E-state index contributed by atoms with van der Waals surface area (Å²) in [6.07, 6.45) is 2.66. The van der Waals surface area contributed by atoms with Crippen molar-refractivity contribution in [1.29, 1.82) is 0 Å². The molecule has 0 bridgehead atoms. The van der Waals surface area contributed by atoms with E-state index in [2.05, 4.69) is 44.5 Å². The Labute approximate surface area is 98.2 Å². The van der Waals surface area contributed by atoms with Crippen LogP contribution in [0, 0.1) is 0 Å². The molecule has 2 heterocycles. The summed E-state index contributed by atoms with van der Waals surface area (Å²) in [5, 5.41) is 9.14. The number of hydrogen-bond donors (Lipinski definition) is 0. The Morgan fingerprint density at radius 2 is 2.27 bits per heavy atom. The predicted octanol–water partition coefficient (Wildman–Crippen LogP) is 2.43. The van der Waals surface area contributed by atoms with Crippen molar-refractivity contribution in [3.8, 4) is 0 Å². The summed E-state index contributed by atoms with van der Waals surface area (Å²) in [5.74, 6) is 1.96. The van der Waals surface area contributed by atoms with Crippen molar-refractivity contribution >= 4 is 15.9 Å². The smallest absolute Gasteiger partial charge is 0.162 e. The van der Waals surface area contributed by atoms with Crippen LogP contribution in [0.2, 0.25) is 0 Å². The van der Waals surface area contributed by atoms with Gasteiger partial charge in [0, 0.05) is 6.54 Å². The maximum absolute atomic E-state index is 5.81. The van der Waals surface area contributed by atoms with Crippen LogP contribution >= 0.6 is 15.9 Å². The van der Waals surface area contributed by atoms with Gasteiger partial charge in [0.05, 0.1) is 11.4 Å². The third kappa shape index (κ3) is 2.08. The predicted molar refractivity (Wildman–Crippen MR) is 60.8 cm³/mol. The first-order valence-electron chi connectivity index (χ1n) is 5.39. The van der Waals surface area contributed by atoms with Crippen molar-refractivity contribution in [3.63, 3.8) is 0 Å². The largest absolute Gasteiger partial charge is 0.367 e. The summed E-state index contributed by atoms with van der Waals surface area (Å²) >= 11 is 3.42. The van der Waals surface area contributed by atoms with Crippen LogP contribution in [0.25, 0.3) is 0 Å². The first kappa shape index (κ1) is 11.1. The summed E-state index contributed by atoms with van der Waals surface area (Å²) in [4.78, 5) is 0. The molecule has 0 saturated carbocycles. The van der Waals surface area contributed by atoms with Gasteiger partial charge in [-0.1, -0.05) is 15.9 Å². The Morgan fingerprint density at radius 3 is 2.80 bits per heavy atom. The van der Waals surface area contributed by atoms with Gasteiger partial charge in [-0.25, -0.2) is 0 Å². The van der Waals surface area contributed by atoms with Gasteiger partial charge in [0.1, 0.15) is 11.9 Å². The molecule has 1 fully saturated rings. The molecule has 2 unspecified atom stereocenters. The highest BCUT2D eigenvalue weighted by Crippen LogP contribution is 2.31. The zero-order valence-corrected chi connectivity index (χ0v) is 10.7. The molecule has 1 aromatic rings. The van der Waals surface area contributed by atoms with Crippen LogP contribution in [0.1, 0.15) is 44.4 Å². The molecule has 0 aromatic carbocycles. The minimum atomic E-state index is 0.139. The second-order valence-electron chi connectivity index (χ2n) is 3.87. The molecule has 0 spiro atoms. The number of ether oxygens (including phenoxy) is 1. The third-order valence-corrected chi connectivity index (χ3v) is 3.31. The third-order valence-electron chi connectivity index (χ3n) is 2.81. The Balaban J connectivity index is 2.24. The number of alkyl halides is 1. The lowest BCUT2D eigenvalue weighted by molar-refractivity contribution is 0.0479. The highest BCUT2D eigenvalue weighted by Gasteiger charge is 2.28. The number of hydrogen-bond acceptors (Lipinski definition) is 3. The Morgan fingerprint density at radius 1 is 1.47 bits per heavy atom. The van der Waals surface area contributed by atoms with E-state index in [1.807, 2.05) is 0 Å². The van der Waals surface area contributed by atoms with Crippen LogP contribution in [-0.4, -0.2) is 20.9 Å². The van der Waals surface area contributed by atoms with Crippen molar-refractivity contribution in [2.45, 2.75) is 50.8 Å². The second kappa shape index (κ2) is 4.61. The van der Waals surface area contributed by atoms with E-state index in [-0.39, 0.29) is 6.10 Å². The summed E-state index contributed by atoms with van der Waals surface area (Å²) in [5.41, 5.74) is 0. The fraction of sp³-hybridized carbons (Fsp3) is 0.800. The van der Waals surface area contributed by atoms with E-state index in [1.54, 1.807) is 0 Å². The molecule has 0 N–H and O–H groups in total. The van der Waals surface area contributed by atoms with Gasteiger partial charge in [0.2, 0.25) is 0 Å². The minimum absolute atomic E-state index is 0.139. The quantitative estimate of drug-likeness (QED) is 0.795. The van der Waals surface area contributed by atoms with Crippen molar-refractivity contribution < 1.29 is 4.74 Å². The highest BCUT2D eigenvalue weighted by atomic mass is 79.9. The van der Waals surface area contributed by atoms with Gasteiger partial charge >= 0.3 is 0 Å². The molecule has 15 heavy (non-hydrogen) atoms. The molecular formula is C10H16BrN3O. The molecule has 84 valence electrons. The molecule has 5 heteroatoms. The molecule has 1 aliphatic heterocycles. The van der Waals surface area contributed by atoms with Crippen LogP contribution in [0.15, 0.2) is 0 Å². The van der Waals surface area contributed by atoms with Gasteiger partial charge in [-0.05, 0) is 26.7 Å². The van der Waals surface area contributed by atoms with Crippen molar-refractivity contribution in [2.24, 2.45) is 0 Å². The molecule has 1 saturated heterocycles. The van der Waals surface area contributed by atoms with E-state index in [0.717, 1.165) is 36.4 Å². The van der Waals surface area contributed by atoms with Crippen LogP contribution in [-0.2, 0) is 16.6 Å². The van der Waals surface area contributed by atoms with Gasteiger partial charge in [0.15, 0.2) is 5.82 Å². The van der Waals surface area contributed by atoms with E-state index < -0.39 is 0 Å². The molecule has 2 rings (SSSR count). The van der Waals surface area contributed by atoms with Crippen LogP contribution in [0.4, 0.5) is 0 Å². The fourth-order valence-electron chi connectivity index (χ4n) is 2.02. The minimum Gasteiger partial charge on any atom is -0.367 e. The number of rotatable bonds is 3. The second-order valence-corrected chi connectivity index (χ2v) is 4.43. The maximum atomic E-state index is 5.81. The molecule has 0 aliphatic carbocycles. The lowest BCUT2D eigenvalue weighted by Gasteiger charge is -2.12. The molecule has 0 amide bonds. The van der Waals surface area contributed by atoms with Gasteiger partial charge < -0.3 is 9.30 Å². The molecular weight excluding hydrogens is 258 g/mol. The lowest BCUT2D eigenvalue weighted by Crippen LogP contribution is -2.10. The van der Waals surface area contributed by atoms with E-state index in [9.17, 15) is 0 Å². The molecule has 2 atom stereocenters. The summed E-state index contributed by atoms with van der Waals surface area (Å²) in [6, 6.07) is 0. The van der Waals surface area contributed by atoms with Crippen LogP contribution in [0.3, 0.4) is 0 Å². The van der Waals surface area contributed by atoms with Gasteiger partial charge in [-0.3, -0.25) is 0 Å². The zero-order chi connectivity index (χ0) is 10.8. The number of nitrogens with zero attached hydrogens (tertiary/aromatic N) is 3. The molecule has 4 nitrogen and oxygen atoms in total. The Kier molecular flexibility index (Phi) is 3.41. The fourth-order valence-corrected chi connectivity index (χ4v) is 2.44. The maximum Gasteiger partial charge on any atom is 0.162 e. The summed E-state index contributed by atoms with van der Waals surface area (Å²) < 4.78 is 7.95. The molecule has 1 aromatic heterocycles. The number of aromatic nitrogens is 3. The standard InChI is InChI=1S/C10H16BrN3O/c1-3-14-9(6-11)12-13-10(14)8-5-4-7(2)15-8/h7-8H,3-6H2,1-2H3. The van der Waals surface area contributed by atoms with Gasteiger partial charge in [-0.15, -0.1) is 10.2 Å².